The van der Waals surface area contributed by atoms with E-state index in [1.165, 1.54) is 6.33 Å². The van der Waals surface area contributed by atoms with Crippen molar-refractivity contribution >= 4 is 0 Å². The molecule has 0 unspecified atom stereocenters. The quantitative estimate of drug-likeness (QED) is 0.557. The smallest absolute Gasteiger partial charge is 0.255 e. The molecule has 0 saturated heterocycles. The average molecular weight is 169 g/mol. The van der Waals surface area contributed by atoms with Crippen LogP contribution in [-0.4, -0.2) is 21.6 Å². The summed E-state index contributed by atoms with van der Waals surface area (Å²) in [5, 5.41) is 0.624. The third-order valence-corrected chi connectivity index (χ3v) is 1.96. The molecule has 4 nitrogen and oxygen atoms in total. The van der Waals surface area contributed by atoms with E-state index >= 15 is 0 Å². The summed E-state index contributed by atoms with van der Waals surface area (Å²) >= 11 is 0. The SMILES string of the molecule is O=c1[nH]cnc2c1CN(F)CC2. The normalized spacial score (nSPS) is 17.4. The van der Waals surface area contributed by atoms with Crippen molar-refractivity contribution in [2.45, 2.75) is 13.0 Å². The summed E-state index contributed by atoms with van der Waals surface area (Å²) in [6, 6.07) is 0. The van der Waals surface area contributed by atoms with Gasteiger partial charge in [-0.2, -0.15) is 0 Å². The number of hydrogen-bond acceptors (Lipinski definition) is 3. The van der Waals surface area contributed by atoms with Crippen LogP contribution in [0.5, 0.6) is 0 Å². The van der Waals surface area contributed by atoms with E-state index in [0.29, 0.717) is 29.3 Å². The molecule has 1 aliphatic rings. The van der Waals surface area contributed by atoms with Crippen molar-refractivity contribution in [2.75, 3.05) is 6.54 Å². The lowest BCUT2D eigenvalue weighted by atomic mass is 10.1. The first-order chi connectivity index (χ1) is 5.77. The Balaban J connectivity index is 2.50. The van der Waals surface area contributed by atoms with Crippen LogP contribution in [-0.2, 0) is 13.0 Å². The van der Waals surface area contributed by atoms with Crippen molar-refractivity contribution in [1.29, 1.82) is 0 Å². The fourth-order valence-electron chi connectivity index (χ4n) is 1.32. The molecule has 0 radical (unpaired) electrons. The standard InChI is InChI=1S/C7H8FN3O/c8-11-2-1-6-5(3-11)7(12)10-4-9-6/h4H,1-3H2,(H,9,10,12). The second kappa shape index (κ2) is 2.67. The maximum atomic E-state index is 12.7. The molecule has 0 aromatic carbocycles. The first kappa shape index (κ1) is 7.42. The molecule has 1 aliphatic heterocycles. The molecule has 1 N–H and O–H groups in total. The number of H-pyrrole nitrogens is 1. The number of aromatic amines is 1. The van der Waals surface area contributed by atoms with Gasteiger partial charge in [0.15, 0.2) is 0 Å². The molecular formula is C7H8FN3O. The fraction of sp³-hybridized carbons (Fsp3) is 0.429. The summed E-state index contributed by atoms with van der Waals surface area (Å²) in [5.74, 6) is 0. The summed E-state index contributed by atoms with van der Waals surface area (Å²) in [7, 11) is 0. The third-order valence-electron chi connectivity index (χ3n) is 1.96. The van der Waals surface area contributed by atoms with Crippen LogP contribution in [0.2, 0.25) is 0 Å². The Kier molecular flexibility index (Phi) is 1.65. The van der Waals surface area contributed by atoms with Gasteiger partial charge in [0.1, 0.15) is 0 Å². The highest BCUT2D eigenvalue weighted by molar-refractivity contribution is 5.18. The highest BCUT2D eigenvalue weighted by atomic mass is 19.2. The molecular weight excluding hydrogens is 161 g/mol. The topological polar surface area (TPSA) is 49.0 Å². The minimum atomic E-state index is -0.234. The van der Waals surface area contributed by atoms with Gasteiger partial charge in [-0.05, 0) is 0 Å². The largest absolute Gasteiger partial charge is 0.313 e. The van der Waals surface area contributed by atoms with Crippen molar-refractivity contribution in [3.05, 3.63) is 27.9 Å². The van der Waals surface area contributed by atoms with E-state index in [1.54, 1.807) is 0 Å². The number of nitrogens with one attached hydrogen (secondary N) is 1. The molecule has 0 atom stereocenters. The Morgan fingerprint density at radius 2 is 2.50 bits per heavy atom. The van der Waals surface area contributed by atoms with Gasteiger partial charge < -0.3 is 4.98 Å². The molecule has 64 valence electrons. The number of fused-ring (bicyclic) bond motifs is 1. The van der Waals surface area contributed by atoms with Gasteiger partial charge in [0.25, 0.3) is 5.56 Å². The Labute approximate surface area is 68.0 Å². The Morgan fingerprint density at radius 1 is 1.67 bits per heavy atom. The van der Waals surface area contributed by atoms with Crippen molar-refractivity contribution in [3.63, 3.8) is 0 Å². The fourth-order valence-corrected chi connectivity index (χ4v) is 1.32. The lowest BCUT2D eigenvalue weighted by molar-refractivity contribution is 0.00901. The van der Waals surface area contributed by atoms with Gasteiger partial charge >= 0.3 is 0 Å². The van der Waals surface area contributed by atoms with Gasteiger partial charge in [0.2, 0.25) is 0 Å². The number of aromatic nitrogens is 2. The molecule has 1 aromatic rings. The van der Waals surface area contributed by atoms with E-state index in [9.17, 15) is 9.28 Å². The van der Waals surface area contributed by atoms with Crippen molar-refractivity contribution < 1.29 is 4.48 Å². The van der Waals surface area contributed by atoms with Crippen LogP contribution < -0.4 is 5.56 Å². The van der Waals surface area contributed by atoms with E-state index < -0.39 is 0 Å². The molecule has 0 aliphatic carbocycles. The molecule has 5 heteroatoms. The van der Waals surface area contributed by atoms with Crippen LogP contribution in [0.3, 0.4) is 0 Å². The molecule has 2 heterocycles. The Bertz CT molecular complexity index is 349. The van der Waals surface area contributed by atoms with E-state index in [-0.39, 0.29) is 12.1 Å². The third kappa shape index (κ3) is 1.12. The van der Waals surface area contributed by atoms with Gasteiger partial charge in [-0.3, -0.25) is 4.79 Å². The zero-order chi connectivity index (χ0) is 8.55. The molecule has 12 heavy (non-hydrogen) atoms. The van der Waals surface area contributed by atoms with E-state index in [2.05, 4.69) is 9.97 Å². The number of hydrogen-bond donors (Lipinski definition) is 1. The predicted octanol–water partition coefficient (Wildman–Crippen LogP) is 0.0125. The second-order valence-electron chi connectivity index (χ2n) is 2.75. The van der Waals surface area contributed by atoms with Gasteiger partial charge in [-0.25, -0.2) is 4.98 Å². The van der Waals surface area contributed by atoms with Crippen molar-refractivity contribution in [3.8, 4) is 0 Å². The highest BCUT2D eigenvalue weighted by Gasteiger charge is 2.18. The Hall–Kier alpha value is -1.23. The lowest BCUT2D eigenvalue weighted by Crippen LogP contribution is -2.30. The molecule has 1 aromatic heterocycles. The molecule has 0 fully saturated rings. The van der Waals surface area contributed by atoms with Crippen LogP contribution in [0.25, 0.3) is 0 Å². The lowest BCUT2D eigenvalue weighted by Gasteiger charge is -2.18. The highest BCUT2D eigenvalue weighted by Crippen LogP contribution is 2.11. The van der Waals surface area contributed by atoms with Crippen LogP contribution in [0.4, 0.5) is 4.48 Å². The number of rotatable bonds is 0. The predicted molar refractivity (Wildman–Crippen MR) is 40.1 cm³/mol. The van der Waals surface area contributed by atoms with Crippen LogP contribution >= 0.6 is 0 Å². The molecule has 2 rings (SSSR count). The summed E-state index contributed by atoms with van der Waals surface area (Å²) < 4.78 is 12.7. The summed E-state index contributed by atoms with van der Waals surface area (Å²) in [6.07, 6.45) is 1.87. The monoisotopic (exact) mass is 169 g/mol. The zero-order valence-corrected chi connectivity index (χ0v) is 6.38. The van der Waals surface area contributed by atoms with Crippen LogP contribution in [0, 0.1) is 0 Å². The second-order valence-corrected chi connectivity index (χ2v) is 2.75. The minimum Gasteiger partial charge on any atom is -0.313 e. The van der Waals surface area contributed by atoms with Crippen molar-refractivity contribution in [1.82, 2.24) is 15.1 Å². The van der Waals surface area contributed by atoms with Gasteiger partial charge in [0, 0.05) is 13.0 Å². The van der Waals surface area contributed by atoms with Gasteiger partial charge in [0.05, 0.1) is 24.1 Å². The zero-order valence-electron chi connectivity index (χ0n) is 6.38. The first-order valence-corrected chi connectivity index (χ1v) is 3.73. The molecule has 0 amide bonds. The van der Waals surface area contributed by atoms with E-state index in [0.717, 1.165) is 0 Å². The summed E-state index contributed by atoms with van der Waals surface area (Å²) in [5.41, 5.74) is 0.932. The van der Waals surface area contributed by atoms with Crippen LogP contribution in [0.1, 0.15) is 11.3 Å². The molecule has 0 bridgehead atoms. The van der Waals surface area contributed by atoms with Gasteiger partial charge in [-0.15, -0.1) is 9.60 Å². The molecule has 0 saturated carbocycles. The molecule has 0 spiro atoms. The minimum absolute atomic E-state index is 0.0541. The average Bonchev–Trinajstić information content (AvgIpc) is 2.07. The van der Waals surface area contributed by atoms with E-state index in [4.69, 9.17) is 0 Å². The maximum Gasteiger partial charge on any atom is 0.255 e. The maximum absolute atomic E-state index is 12.7. The van der Waals surface area contributed by atoms with E-state index in [1.807, 2.05) is 0 Å². The Morgan fingerprint density at radius 3 is 3.33 bits per heavy atom. The van der Waals surface area contributed by atoms with Gasteiger partial charge in [-0.1, -0.05) is 0 Å². The summed E-state index contributed by atoms with van der Waals surface area (Å²) in [4.78, 5) is 17.5. The van der Waals surface area contributed by atoms with Crippen LogP contribution in [0.15, 0.2) is 11.1 Å². The number of halogens is 1. The summed E-state index contributed by atoms with van der Waals surface area (Å²) in [6.45, 7) is 0.377. The number of nitrogens with zero attached hydrogens (tertiary/aromatic N) is 2. The first-order valence-electron chi connectivity index (χ1n) is 3.73. The van der Waals surface area contributed by atoms with Crippen molar-refractivity contribution in [2.24, 2.45) is 0 Å².